The molecule has 0 aliphatic carbocycles. The lowest BCUT2D eigenvalue weighted by atomic mass is 10.3. The summed E-state index contributed by atoms with van der Waals surface area (Å²) in [6.45, 7) is 5.98. The molecule has 1 heterocycles. The van der Waals surface area contributed by atoms with Crippen LogP contribution in [0.2, 0.25) is 0 Å². The molecule has 0 atom stereocenters. The molecule has 1 rings (SSSR count). The zero-order chi connectivity index (χ0) is 9.84. The summed E-state index contributed by atoms with van der Waals surface area (Å²) in [6.07, 6.45) is 1.74. The second-order valence-corrected chi connectivity index (χ2v) is 3.37. The van der Waals surface area contributed by atoms with Gasteiger partial charge in [-0.25, -0.2) is 9.97 Å². The molecule has 0 saturated heterocycles. The molecule has 70 valence electrons. The summed E-state index contributed by atoms with van der Waals surface area (Å²) in [5, 5.41) is 4.80. The van der Waals surface area contributed by atoms with Gasteiger partial charge >= 0.3 is 0 Å². The van der Waals surface area contributed by atoms with Crippen LogP contribution in [0, 0.1) is 6.92 Å². The van der Waals surface area contributed by atoms with Crippen LogP contribution in [-0.4, -0.2) is 21.4 Å². The first-order chi connectivity index (χ1) is 6.13. The maximum absolute atomic E-state index is 4.86. The third-order valence-corrected chi connectivity index (χ3v) is 1.74. The van der Waals surface area contributed by atoms with Gasteiger partial charge in [0.25, 0.3) is 0 Å². The summed E-state index contributed by atoms with van der Waals surface area (Å²) >= 11 is 4.86. The molecule has 0 unspecified atom stereocenters. The number of aryl methyl sites for hydroxylation is 1. The van der Waals surface area contributed by atoms with Crippen molar-refractivity contribution in [3.05, 3.63) is 17.6 Å². The molecule has 0 aliphatic heterocycles. The van der Waals surface area contributed by atoms with E-state index in [4.69, 9.17) is 12.2 Å². The van der Waals surface area contributed by atoms with Gasteiger partial charge in [-0.1, -0.05) is 12.2 Å². The minimum absolute atomic E-state index is 0.350. The number of rotatable bonds is 3. The van der Waals surface area contributed by atoms with Crippen LogP contribution >= 0.6 is 12.2 Å². The van der Waals surface area contributed by atoms with Crippen molar-refractivity contribution in [1.29, 1.82) is 0 Å². The SMILES string of the molecule is Cc1ncc(C=S)c(NC(C)C)n1. The number of hydrogen-bond acceptors (Lipinski definition) is 4. The van der Waals surface area contributed by atoms with Crippen molar-refractivity contribution in [2.75, 3.05) is 5.32 Å². The van der Waals surface area contributed by atoms with Crippen LogP contribution in [0.25, 0.3) is 0 Å². The molecule has 3 nitrogen and oxygen atoms in total. The maximum Gasteiger partial charge on any atom is 0.138 e. The van der Waals surface area contributed by atoms with Gasteiger partial charge in [-0.3, -0.25) is 0 Å². The summed E-state index contributed by atoms with van der Waals surface area (Å²) in [7, 11) is 0. The molecular formula is C9H13N3S. The second-order valence-electron chi connectivity index (χ2n) is 3.14. The van der Waals surface area contributed by atoms with Crippen molar-refractivity contribution in [2.24, 2.45) is 0 Å². The first kappa shape index (κ1) is 10.1. The zero-order valence-electron chi connectivity index (χ0n) is 8.03. The van der Waals surface area contributed by atoms with Gasteiger partial charge in [0.1, 0.15) is 11.6 Å². The third-order valence-electron chi connectivity index (χ3n) is 1.49. The minimum Gasteiger partial charge on any atom is -0.367 e. The first-order valence-electron chi connectivity index (χ1n) is 4.19. The molecule has 4 heteroatoms. The zero-order valence-corrected chi connectivity index (χ0v) is 8.85. The third kappa shape index (κ3) is 2.73. The highest BCUT2D eigenvalue weighted by Gasteiger charge is 2.03. The van der Waals surface area contributed by atoms with Gasteiger partial charge < -0.3 is 5.32 Å². The van der Waals surface area contributed by atoms with Crippen LogP contribution in [0.15, 0.2) is 6.20 Å². The first-order valence-corrected chi connectivity index (χ1v) is 4.66. The number of aromatic nitrogens is 2. The fourth-order valence-corrected chi connectivity index (χ4v) is 1.13. The highest BCUT2D eigenvalue weighted by atomic mass is 32.1. The fourth-order valence-electron chi connectivity index (χ4n) is 0.955. The van der Waals surface area contributed by atoms with Crippen molar-refractivity contribution in [3.8, 4) is 0 Å². The number of anilines is 1. The van der Waals surface area contributed by atoms with Crippen LogP contribution in [0.5, 0.6) is 0 Å². The van der Waals surface area contributed by atoms with Gasteiger partial charge in [0, 0.05) is 23.2 Å². The highest BCUT2D eigenvalue weighted by Crippen LogP contribution is 2.10. The molecule has 1 N–H and O–H groups in total. The van der Waals surface area contributed by atoms with Crippen LogP contribution in [-0.2, 0) is 0 Å². The Morgan fingerprint density at radius 3 is 2.77 bits per heavy atom. The van der Waals surface area contributed by atoms with E-state index >= 15 is 0 Å². The van der Waals surface area contributed by atoms with E-state index in [0.29, 0.717) is 6.04 Å². The Morgan fingerprint density at radius 2 is 2.23 bits per heavy atom. The van der Waals surface area contributed by atoms with E-state index in [1.807, 2.05) is 6.92 Å². The molecule has 0 aromatic carbocycles. The molecule has 0 radical (unpaired) electrons. The second kappa shape index (κ2) is 4.28. The quantitative estimate of drug-likeness (QED) is 0.748. The summed E-state index contributed by atoms with van der Waals surface area (Å²) in [5.41, 5.74) is 0.870. The van der Waals surface area contributed by atoms with Crippen molar-refractivity contribution >= 4 is 23.4 Å². The number of thiocarbonyl (C=S) groups is 1. The number of hydrogen-bond donors (Lipinski definition) is 1. The van der Waals surface area contributed by atoms with E-state index < -0.39 is 0 Å². The lowest BCUT2D eigenvalue weighted by Crippen LogP contribution is -2.13. The van der Waals surface area contributed by atoms with E-state index in [1.54, 1.807) is 11.6 Å². The van der Waals surface area contributed by atoms with Gasteiger partial charge in [-0.05, 0) is 20.8 Å². The Hall–Kier alpha value is -1.03. The van der Waals surface area contributed by atoms with E-state index in [1.165, 1.54) is 0 Å². The normalized spacial score (nSPS) is 10.2. The highest BCUT2D eigenvalue weighted by molar-refractivity contribution is 7.79. The molecule has 0 aliphatic rings. The average molecular weight is 195 g/mol. The number of nitrogens with one attached hydrogen (secondary N) is 1. The van der Waals surface area contributed by atoms with E-state index in [0.717, 1.165) is 17.2 Å². The predicted octanol–water partition coefficient (Wildman–Crippen LogP) is 1.95. The Labute approximate surface area is 83.6 Å². The topological polar surface area (TPSA) is 37.8 Å². The molecule has 1 aromatic heterocycles. The van der Waals surface area contributed by atoms with Crippen molar-refractivity contribution in [1.82, 2.24) is 9.97 Å². The Morgan fingerprint density at radius 1 is 1.54 bits per heavy atom. The van der Waals surface area contributed by atoms with Gasteiger partial charge in [-0.2, -0.15) is 0 Å². The molecular weight excluding hydrogens is 182 g/mol. The summed E-state index contributed by atoms with van der Waals surface area (Å²) in [5.74, 6) is 1.57. The molecule has 1 aromatic rings. The van der Waals surface area contributed by atoms with Gasteiger partial charge in [0.05, 0.1) is 0 Å². The van der Waals surface area contributed by atoms with Crippen molar-refractivity contribution < 1.29 is 0 Å². The number of nitrogens with zero attached hydrogens (tertiary/aromatic N) is 2. The van der Waals surface area contributed by atoms with Gasteiger partial charge in [0.15, 0.2) is 0 Å². The van der Waals surface area contributed by atoms with Crippen LogP contribution in [0.1, 0.15) is 25.2 Å². The van der Waals surface area contributed by atoms with E-state index in [9.17, 15) is 0 Å². The molecule has 0 fully saturated rings. The van der Waals surface area contributed by atoms with E-state index in [2.05, 4.69) is 29.1 Å². The Bertz CT molecular complexity index is 310. The summed E-state index contributed by atoms with van der Waals surface area (Å²) < 4.78 is 0. The predicted molar refractivity (Wildman–Crippen MR) is 58.3 cm³/mol. The molecule has 0 saturated carbocycles. The lowest BCUT2D eigenvalue weighted by Gasteiger charge is -2.11. The lowest BCUT2D eigenvalue weighted by molar-refractivity contribution is 0.880. The molecule has 0 amide bonds. The average Bonchev–Trinajstić information content (AvgIpc) is 2.03. The van der Waals surface area contributed by atoms with Crippen molar-refractivity contribution in [2.45, 2.75) is 26.8 Å². The largest absolute Gasteiger partial charge is 0.367 e. The van der Waals surface area contributed by atoms with E-state index in [-0.39, 0.29) is 0 Å². The van der Waals surface area contributed by atoms with Gasteiger partial charge in [0.2, 0.25) is 0 Å². The van der Waals surface area contributed by atoms with Gasteiger partial charge in [-0.15, -0.1) is 0 Å². The Kier molecular flexibility index (Phi) is 3.31. The Balaban J connectivity index is 3.01. The summed E-state index contributed by atoms with van der Waals surface area (Å²) in [4.78, 5) is 8.33. The summed E-state index contributed by atoms with van der Waals surface area (Å²) in [6, 6.07) is 0.350. The fraction of sp³-hybridized carbons (Fsp3) is 0.444. The smallest absolute Gasteiger partial charge is 0.138 e. The van der Waals surface area contributed by atoms with Crippen LogP contribution in [0.4, 0.5) is 5.82 Å². The standard InChI is InChI=1S/C9H13N3S/c1-6(2)11-9-8(5-13)4-10-7(3)12-9/h4-6H,1-3H3,(H,10,11,12). The molecule has 0 bridgehead atoms. The van der Waals surface area contributed by atoms with Crippen LogP contribution in [0.3, 0.4) is 0 Å². The van der Waals surface area contributed by atoms with Crippen molar-refractivity contribution in [3.63, 3.8) is 0 Å². The molecule has 13 heavy (non-hydrogen) atoms. The maximum atomic E-state index is 4.86. The minimum atomic E-state index is 0.350. The van der Waals surface area contributed by atoms with Crippen LogP contribution < -0.4 is 5.32 Å². The molecule has 0 spiro atoms. The monoisotopic (exact) mass is 195 g/mol.